The highest BCUT2D eigenvalue weighted by Crippen LogP contribution is 2.27. The summed E-state index contributed by atoms with van der Waals surface area (Å²) in [5, 5.41) is 0. The minimum absolute atomic E-state index is 0.141. The third-order valence-electron chi connectivity index (χ3n) is 1.93. The molecule has 1 aromatic carbocycles. The molecule has 1 rings (SSSR count). The zero-order chi connectivity index (χ0) is 9.84. The Morgan fingerprint density at radius 2 is 2.23 bits per heavy atom. The maximum atomic E-state index is 5.33. The van der Waals surface area contributed by atoms with Crippen molar-refractivity contribution in [1.82, 2.24) is 5.43 Å². The number of hydrogen-bond donors (Lipinski definition) is 2. The minimum atomic E-state index is 0.141. The van der Waals surface area contributed by atoms with Gasteiger partial charge in [0.15, 0.2) is 0 Å². The number of methoxy groups -OCH3 is 1. The Morgan fingerprint density at radius 1 is 1.54 bits per heavy atom. The molecule has 0 bridgehead atoms. The van der Waals surface area contributed by atoms with Crippen molar-refractivity contribution in [1.29, 1.82) is 0 Å². The van der Waals surface area contributed by atoms with E-state index in [0.29, 0.717) is 0 Å². The van der Waals surface area contributed by atoms with Gasteiger partial charge in [0.1, 0.15) is 5.75 Å². The summed E-state index contributed by atoms with van der Waals surface area (Å²) in [4.78, 5) is 0. The molecule has 3 N–H and O–H groups in total. The second kappa shape index (κ2) is 4.60. The average Bonchev–Trinajstić information content (AvgIpc) is 2.16. The highest BCUT2D eigenvalue weighted by Gasteiger charge is 2.05. The van der Waals surface area contributed by atoms with Gasteiger partial charge in [-0.05, 0) is 40.5 Å². The predicted octanol–water partition coefficient (Wildman–Crippen LogP) is 1.98. The molecule has 0 heterocycles. The van der Waals surface area contributed by atoms with E-state index < -0.39 is 0 Å². The van der Waals surface area contributed by atoms with Crippen molar-refractivity contribution < 1.29 is 4.74 Å². The van der Waals surface area contributed by atoms with Crippen molar-refractivity contribution in [3.05, 3.63) is 28.2 Å². The quantitative estimate of drug-likeness (QED) is 0.632. The summed E-state index contributed by atoms with van der Waals surface area (Å²) < 4.78 is 6.05. The molecule has 1 unspecified atom stereocenters. The molecular weight excluding hydrogens is 232 g/mol. The maximum Gasteiger partial charge on any atom is 0.133 e. The summed E-state index contributed by atoms with van der Waals surface area (Å²) in [6.45, 7) is 1.99. The first-order valence-corrected chi connectivity index (χ1v) is 4.78. The zero-order valence-corrected chi connectivity index (χ0v) is 9.26. The van der Waals surface area contributed by atoms with E-state index in [9.17, 15) is 0 Å². The molecule has 3 nitrogen and oxygen atoms in total. The van der Waals surface area contributed by atoms with Crippen LogP contribution in [0.3, 0.4) is 0 Å². The lowest BCUT2D eigenvalue weighted by molar-refractivity contribution is 0.411. The Kier molecular flexibility index (Phi) is 3.71. The fraction of sp³-hybridized carbons (Fsp3) is 0.333. The lowest BCUT2D eigenvalue weighted by Crippen LogP contribution is -2.25. The van der Waals surface area contributed by atoms with Gasteiger partial charge in [-0.25, -0.2) is 0 Å². The van der Waals surface area contributed by atoms with Crippen LogP contribution in [-0.2, 0) is 0 Å². The van der Waals surface area contributed by atoms with E-state index in [-0.39, 0.29) is 6.04 Å². The van der Waals surface area contributed by atoms with Crippen LogP contribution in [0.4, 0.5) is 0 Å². The minimum Gasteiger partial charge on any atom is -0.496 e. The number of hydrazine groups is 1. The molecule has 0 saturated carbocycles. The van der Waals surface area contributed by atoms with E-state index in [2.05, 4.69) is 21.4 Å². The number of nitrogens with two attached hydrogens (primary N) is 1. The molecular formula is C9H13BrN2O. The predicted molar refractivity (Wildman–Crippen MR) is 56.4 cm³/mol. The first kappa shape index (κ1) is 10.5. The van der Waals surface area contributed by atoms with Crippen molar-refractivity contribution in [2.75, 3.05) is 7.11 Å². The van der Waals surface area contributed by atoms with Crippen molar-refractivity contribution in [3.8, 4) is 5.75 Å². The average molecular weight is 245 g/mol. The summed E-state index contributed by atoms with van der Waals surface area (Å²) >= 11 is 3.41. The Labute approximate surface area is 86.4 Å². The molecule has 0 spiro atoms. The molecule has 0 amide bonds. The van der Waals surface area contributed by atoms with Crippen molar-refractivity contribution >= 4 is 15.9 Å². The molecule has 4 heteroatoms. The van der Waals surface area contributed by atoms with Crippen molar-refractivity contribution in [2.45, 2.75) is 13.0 Å². The first-order valence-electron chi connectivity index (χ1n) is 3.98. The molecule has 72 valence electrons. The summed E-state index contributed by atoms with van der Waals surface area (Å²) in [5.74, 6) is 6.15. The number of nitrogens with one attached hydrogen (secondary N) is 1. The van der Waals surface area contributed by atoms with Crippen LogP contribution in [0.25, 0.3) is 0 Å². The molecule has 0 aromatic heterocycles. The third-order valence-corrected chi connectivity index (χ3v) is 2.55. The highest BCUT2D eigenvalue weighted by molar-refractivity contribution is 9.10. The lowest BCUT2D eigenvalue weighted by atomic mass is 10.1. The second-order valence-corrected chi connectivity index (χ2v) is 3.64. The van der Waals surface area contributed by atoms with Crippen LogP contribution in [-0.4, -0.2) is 7.11 Å². The van der Waals surface area contributed by atoms with Crippen molar-refractivity contribution in [3.63, 3.8) is 0 Å². The van der Waals surface area contributed by atoms with Crippen molar-refractivity contribution in [2.24, 2.45) is 5.84 Å². The molecule has 0 aliphatic carbocycles. The smallest absolute Gasteiger partial charge is 0.133 e. The monoisotopic (exact) mass is 244 g/mol. The number of halogens is 1. The Balaban J connectivity index is 2.95. The molecule has 0 fully saturated rings. The fourth-order valence-corrected chi connectivity index (χ4v) is 1.61. The van der Waals surface area contributed by atoms with Gasteiger partial charge in [-0.3, -0.25) is 11.3 Å². The first-order chi connectivity index (χ1) is 6.19. The number of rotatable bonds is 3. The molecule has 0 aliphatic heterocycles. The van der Waals surface area contributed by atoms with E-state index in [1.165, 1.54) is 0 Å². The van der Waals surface area contributed by atoms with E-state index >= 15 is 0 Å². The van der Waals surface area contributed by atoms with E-state index in [4.69, 9.17) is 10.6 Å². The van der Waals surface area contributed by atoms with Gasteiger partial charge in [-0.15, -0.1) is 0 Å². The van der Waals surface area contributed by atoms with Gasteiger partial charge in [-0.1, -0.05) is 6.07 Å². The molecule has 0 saturated heterocycles. The largest absolute Gasteiger partial charge is 0.496 e. The van der Waals surface area contributed by atoms with Crippen LogP contribution < -0.4 is 16.0 Å². The van der Waals surface area contributed by atoms with E-state index in [0.717, 1.165) is 15.8 Å². The summed E-state index contributed by atoms with van der Waals surface area (Å²) in [7, 11) is 1.64. The maximum absolute atomic E-state index is 5.33. The molecule has 0 aliphatic rings. The zero-order valence-electron chi connectivity index (χ0n) is 7.67. The van der Waals surface area contributed by atoms with E-state index in [1.54, 1.807) is 7.11 Å². The van der Waals surface area contributed by atoms with Gasteiger partial charge < -0.3 is 4.74 Å². The van der Waals surface area contributed by atoms with Gasteiger partial charge in [0, 0.05) is 6.04 Å². The van der Waals surface area contributed by atoms with Gasteiger partial charge in [0.05, 0.1) is 11.6 Å². The number of hydrogen-bond acceptors (Lipinski definition) is 3. The lowest BCUT2D eigenvalue weighted by Gasteiger charge is -2.11. The normalized spacial score (nSPS) is 12.6. The number of benzene rings is 1. The summed E-state index contributed by atoms with van der Waals surface area (Å²) in [5.41, 5.74) is 3.80. The van der Waals surface area contributed by atoms with E-state index in [1.807, 2.05) is 25.1 Å². The van der Waals surface area contributed by atoms with Crippen LogP contribution >= 0.6 is 15.9 Å². The summed E-state index contributed by atoms with van der Waals surface area (Å²) in [6, 6.07) is 6.02. The number of ether oxygens (including phenoxy) is 1. The SMILES string of the molecule is COc1ccc(C(C)NN)cc1Br. The van der Waals surface area contributed by atoms with Crippen LogP contribution in [0.5, 0.6) is 5.75 Å². The highest BCUT2D eigenvalue weighted by atomic mass is 79.9. The Morgan fingerprint density at radius 3 is 2.69 bits per heavy atom. The van der Waals surface area contributed by atoms with Gasteiger partial charge in [-0.2, -0.15) is 0 Å². The van der Waals surface area contributed by atoms with Crippen LogP contribution in [0, 0.1) is 0 Å². The molecule has 13 heavy (non-hydrogen) atoms. The molecule has 1 atom stereocenters. The topological polar surface area (TPSA) is 47.3 Å². The third kappa shape index (κ3) is 2.43. The fourth-order valence-electron chi connectivity index (χ4n) is 1.05. The van der Waals surface area contributed by atoms with Gasteiger partial charge in [0.25, 0.3) is 0 Å². The van der Waals surface area contributed by atoms with Crippen LogP contribution in [0.1, 0.15) is 18.5 Å². The molecule has 1 aromatic rings. The summed E-state index contributed by atoms with van der Waals surface area (Å²) in [6.07, 6.45) is 0. The van der Waals surface area contributed by atoms with Gasteiger partial charge >= 0.3 is 0 Å². The van der Waals surface area contributed by atoms with Crippen LogP contribution in [0.15, 0.2) is 22.7 Å². The van der Waals surface area contributed by atoms with Gasteiger partial charge in [0.2, 0.25) is 0 Å². The standard InChI is InChI=1S/C9H13BrN2O/c1-6(12-11)7-3-4-9(13-2)8(10)5-7/h3-6,12H,11H2,1-2H3. The molecule has 0 radical (unpaired) electrons. The second-order valence-electron chi connectivity index (χ2n) is 2.78. The Hall–Kier alpha value is -0.580. The Bertz CT molecular complexity index is 291. The van der Waals surface area contributed by atoms with Crippen LogP contribution in [0.2, 0.25) is 0 Å².